The zero-order valence-corrected chi connectivity index (χ0v) is 11.5. The Hall–Kier alpha value is 0. The number of hydrogen-bond donors (Lipinski definition) is 0. The van der Waals surface area contributed by atoms with Crippen LogP contribution in [0.4, 0.5) is 0 Å². The predicted octanol–water partition coefficient (Wildman–Crippen LogP) is 5.28. The lowest BCUT2D eigenvalue weighted by atomic mass is 9.63. The Balaban J connectivity index is 2.00. The summed E-state index contributed by atoms with van der Waals surface area (Å²) in [6, 6.07) is 0. The van der Waals surface area contributed by atoms with Gasteiger partial charge in [0.2, 0.25) is 0 Å². The lowest BCUT2D eigenvalue weighted by Gasteiger charge is -2.43. The normalized spacial score (nSPS) is 37.9. The van der Waals surface area contributed by atoms with Crippen molar-refractivity contribution in [2.24, 2.45) is 29.6 Å². The minimum absolute atomic E-state index is 0.916. The highest BCUT2D eigenvalue weighted by Gasteiger charge is 2.35. The van der Waals surface area contributed by atoms with Crippen molar-refractivity contribution >= 4 is 0 Å². The molecule has 2 aliphatic rings. The van der Waals surface area contributed by atoms with Crippen LogP contribution in [0.25, 0.3) is 0 Å². The molecule has 0 heteroatoms. The van der Waals surface area contributed by atoms with Crippen LogP contribution in [0.3, 0.4) is 0 Å². The largest absolute Gasteiger partial charge is 0.0625 e. The molecule has 2 aliphatic carbocycles. The van der Waals surface area contributed by atoms with Gasteiger partial charge in [-0.1, -0.05) is 59.3 Å². The molecule has 0 radical (unpaired) electrons. The average Bonchev–Trinajstić information content (AvgIpc) is 2.29. The Labute approximate surface area is 102 Å². The van der Waals surface area contributed by atoms with Crippen LogP contribution < -0.4 is 0 Å². The Kier molecular flexibility index (Phi) is 4.33. The average molecular weight is 222 g/mol. The van der Waals surface area contributed by atoms with Gasteiger partial charge in [-0.25, -0.2) is 0 Å². The van der Waals surface area contributed by atoms with E-state index in [2.05, 4.69) is 20.8 Å². The van der Waals surface area contributed by atoms with Crippen LogP contribution in [0, 0.1) is 29.6 Å². The number of rotatable bonds is 2. The van der Waals surface area contributed by atoms with Gasteiger partial charge in [0.05, 0.1) is 0 Å². The maximum atomic E-state index is 2.48. The predicted molar refractivity (Wildman–Crippen MR) is 71.4 cm³/mol. The second-order valence-corrected chi connectivity index (χ2v) is 6.89. The van der Waals surface area contributed by atoms with Crippen molar-refractivity contribution in [1.29, 1.82) is 0 Å². The van der Waals surface area contributed by atoms with Gasteiger partial charge < -0.3 is 0 Å². The monoisotopic (exact) mass is 222 g/mol. The molecule has 0 N–H and O–H groups in total. The van der Waals surface area contributed by atoms with Crippen molar-refractivity contribution in [1.82, 2.24) is 0 Å². The van der Waals surface area contributed by atoms with E-state index < -0.39 is 0 Å². The summed E-state index contributed by atoms with van der Waals surface area (Å²) in [6.45, 7) is 7.39. The molecule has 2 rings (SSSR count). The molecular weight excluding hydrogens is 192 g/mol. The molecule has 0 heterocycles. The van der Waals surface area contributed by atoms with Crippen molar-refractivity contribution in [3.8, 4) is 0 Å². The molecule has 0 aliphatic heterocycles. The smallest absolute Gasteiger partial charge is 0.0352 e. The fourth-order valence-electron chi connectivity index (χ4n) is 4.38. The second-order valence-electron chi connectivity index (χ2n) is 6.89. The van der Waals surface area contributed by atoms with Crippen LogP contribution in [0.15, 0.2) is 0 Å². The minimum Gasteiger partial charge on any atom is -0.0625 e. The van der Waals surface area contributed by atoms with Crippen LogP contribution in [0.2, 0.25) is 0 Å². The van der Waals surface area contributed by atoms with Crippen molar-refractivity contribution in [3.05, 3.63) is 0 Å². The second kappa shape index (κ2) is 5.56. The van der Waals surface area contributed by atoms with Gasteiger partial charge in [0, 0.05) is 0 Å². The molecule has 0 amide bonds. The fourth-order valence-corrected chi connectivity index (χ4v) is 4.38. The molecule has 16 heavy (non-hydrogen) atoms. The molecular formula is C16H30. The summed E-state index contributed by atoms with van der Waals surface area (Å²) >= 11 is 0. The Bertz CT molecular complexity index is 200. The van der Waals surface area contributed by atoms with E-state index in [9.17, 15) is 0 Å². The van der Waals surface area contributed by atoms with Crippen LogP contribution >= 0.6 is 0 Å². The zero-order chi connectivity index (χ0) is 11.5. The molecule has 0 nitrogen and oxygen atoms in total. The third kappa shape index (κ3) is 2.81. The molecule has 94 valence electrons. The molecule has 0 aromatic carbocycles. The van der Waals surface area contributed by atoms with Crippen molar-refractivity contribution in [2.45, 2.75) is 72.1 Å². The maximum Gasteiger partial charge on any atom is -0.0352 e. The molecule has 3 atom stereocenters. The summed E-state index contributed by atoms with van der Waals surface area (Å²) in [6.07, 6.45) is 12.2. The first-order chi connectivity index (χ1) is 7.68. The van der Waals surface area contributed by atoms with E-state index in [1.54, 1.807) is 12.8 Å². The summed E-state index contributed by atoms with van der Waals surface area (Å²) in [4.78, 5) is 0. The van der Waals surface area contributed by atoms with Crippen molar-refractivity contribution in [2.75, 3.05) is 0 Å². The van der Waals surface area contributed by atoms with E-state index in [-0.39, 0.29) is 0 Å². The van der Waals surface area contributed by atoms with Crippen molar-refractivity contribution in [3.63, 3.8) is 0 Å². The van der Waals surface area contributed by atoms with Gasteiger partial charge in [-0.15, -0.1) is 0 Å². The van der Waals surface area contributed by atoms with Gasteiger partial charge in [-0.2, -0.15) is 0 Å². The van der Waals surface area contributed by atoms with E-state index in [0.29, 0.717) is 0 Å². The van der Waals surface area contributed by atoms with E-state index in [0.717, 1.165) is 29.6 Å². The van der Waals surface area contributed by atoms with E-state index in [4.69, 9.17) is 0 Å². The molecule has 0 spiro atoms. The summed E-state index contributed by atoms with van der Waals surface area (Å²) in [5.74, 6) is 5.12. The first-order valence-corrected chi connectivity index (χ1v) is 7.68. The highest BCUT2D eigenvalue weighted by atomic mass is 14.4. The van der Waals surface area contributed by atoms with Crippen LogP contribution in [0.5, 0.6) is 0 Å². The lowest BCUT2D eigenvalue weighted by Crippen LogP contribution is -2.33. The van der Waals surface area contributed by atoms with Gasteiger partial charge in [0.25, 0.3) is 0 Å². The molecule has 0 aromatic heterocycles. The fraction of sp³-hybridized carbons (Fsp3) is 1.00. The standard InChI is InChI=1S/C16H30/c1-12(2)15-10-9-13(3)11-16(15)14-7-5-4-6-8-14/h12-16H,4-11H2,1-3H3. The van der Waals surface area contributed by atoms with Crippen LogP contribution in [-0.2, 0) is 0 Å². The molecule has 0 bridgehead atoms. The topological polar surface area (TPSA) is 0 Å². The summed E-state index contributed by atoms with van der Waals surface area (Å²) in [5, 5.41) is 0. The van der Waals surface area contributed by atoms with E-state index in [1.807, 2.05) is 0 Å². The van der Waals surface area contributed by atoms with E-state index in [1.165, 1.54) is 38.5 Å². The van der Waals surface area contributed by atoms with Gasteiger partial charge >= 0.3 is 0 Å². The van der Waals surface area contributed by atoms with Gasteiger partial charge in [0.15, 0.2) is 0 Å². The van der Waals surface area contributed by atoms with Gasteiger partial charge in [0.1, 0.15) is 0 Å². The first kappa shape index (κ1) is 12.5. The van der Waals surface area contributed by atoms with Gasteiger partial charge in [-0.05, 0) is 42.4 Å². The summed E-state index contributed by atoms with van der Waals surface area (Å²) < 4.78 is 0. The molecule has 2 saturated carbocycles. The van der Waals surface area contributed by atoms with Crippen LogP contribution in [0.1, 0.15) is 72.1 Å². The quantitative estimate of drug-likeness (QED) is 0.596. The number of hydrogen-bond acceptors (Lipinski definition) is 0. The Morgan fingerprint density at radius 3 is 2.19 bits per heavy atom. The van der Waals surface area contributed by atoms with E-state index >= 15 is 0 Å². The van der Waals surface area contributed by atoms with Crippen LogP contribution in [-0.4, -0.2) is 0 Å². The highest BCUT2D eigenvalue weighted by Crippen LogP contribution is 2.45. The Morgan fingerprint density at radius 1 is 0.875 bits per heavy atom. The molecule has 3 unspecified atom stereocenters. The first-order valence-electron chi connectivity index (χ1n) is 7.68. The summed E-state index contributed by atoms with van der Waals surface area (Å²) in [7, 11) is 0. The minimum atomic E-state index is 0.916. The molecule has 0 aromatic rings. The zero-order valence-electron chi connectivity index (χ0n) is 11.5. The third-order valence-electron chi connectivity index (χ3n) is 5.33. The summed E-state index contributed by atoms with van der Waals surface area (Å²) in [5.41, 5.74) is 0. The van der Waals surface area contributed by atoms with Crippen molar-refractivity contribution < 1.29 is 0 Å². The SMILES string of the molecule is CC1CCC(C(C)C)C(C2CCCCC2)C1. The highest BCUT2D eigenvalue weighted by molar-refractivity contribution is 4.86. The molecule has 0 saturated heterocycles. The third-order valence-corrected chi connectivity index (χ3v) is 5.33. The maximum absolute atomic E-state index is 2.48. The van der Waals surface area contributed by atoms with Gasteiger partial charge in [-0.3, -0.25) is 0 Å². The molecule has 2 fully saturated rings. The lowest BCUT2D eigenvalue weighted by molar-refractivity contribution is 0.0731. The Morgan fingerprint density at radius 2 is 1.56 bits per heavy atom.